The summed E-state index contributed by atoms with van der Waals surface area (Å²) in [6, 6.07) is 0. The average molecular weight is 240 g/mol. The van der Waals surface area contributed by atoms with Gasteiger partial charge in [0, 0.05) is 26.2 Å². The third kappa shape index (κ3) is 3.43. The van der Waals surface area contributed by atoms with E-state index >= 15 is 0 Å². The Morgan fingerprint density at radius 1 is 1.18 bits per heavy atom. The summed E-state index contributed by atoms with van der Waals surface area (Å²) in [5, 5.41) is 0. The lowest BCUT2D eigenvalue weighted by Gasteiger charge is -2.32. The first-order valence-electron chi connectivity index (χ1n) is 6.38. The number of nitrogens with zero attached hydrogens (tertiary/aromatic N) is 2. The minimum Gasteiger partial charge on any atom is -0.368 e. The van der Waals surface area contributed by atoms with E-state index in [4.69, 9.17) is 4.74 Å². The topological polar surface area (TPSA) is 49.9 Å². The van der Waals surface area contributed by atoms with Crippen molar-refractivity contribution in [3.8, 4) is 0 Å². The Balaban J connectivity index is 1.67. The van der Waals surface area contributed by atoms with Crippen LogP contribution in [0.1, 0.15) is 25.7 Å². The summed E-state index contributed by atoms with van der Waals surface area (Å²) >= 11 is 0. The summed E-state index contributed by atoms with van der Waals surface area (Å²) in [5.41, 5.74) is 0. The van der Waals surface area contributed by atoms with Gasteiger partial charge in [0.1, 0.15) is 6.61 Å². The van der Waals surface area contributed by atoms with Crippen LogP contribution in [0, 0.1) is 0 Å². The van der Waals surface area contributed by atoms with Crippen LogP contribution in [0.15, 0.2) is 0 Å². The molecule has 2 aliphatic rings. The van der Waals surface area contributed by atoms with Crippen molar-refractivity contribution in [1.82, 2.24) is 9.80 Å². The number of rotatable bonds is 4. The van der Waals surface area contributed by atoms with Crippen LogP contribution in [0.25, 0.3) is 0 Å². The summed E-state index contributed by atoms with van der Waals surface area (Å²) in [4.78, 5) is 25.9. The first kappa shape index (κ1) is 12.4. The Labute approximate surface area is 102 Å². The van der Waals surface area contributed by atoms with Gasteiger partial charge in [-0.25, -0.2) is 0 Å². The lowest BCUT2D eigenvalue weighted by Crippen LogP contribution is -2.49. The van der Waals surface area contributed by atoms with Gasteiger partial charge < -0.3 is 14.5 Å². The lowest BCUT2D eigenvalue weighted by molar-refractivity contribution is -0.141. The highest BCUT2D eigenvalue weighted by Gasteiger charge is 2.22. The number of ether oxygens (including phenoxy) is 1. The maximum absolute atomic E-state index is 11.8. The van der Waals surface area contributed by atoms with Gasteiger partial charge in [-0.15, -0.1) is 0 Å². The predicted molar refractivity (Wildman–Crippen MR) is 62.4 cm³/mol. The van der Waals surface area contributed by atoms with Crippen LogP contribution < -0.4 is 0 Å². The summed E-state index contributed by atoms with van der Waals surface area (Å²) in [5.74, 6) is 0.0578. The maximum Gasteiger partial charge on any atom is 0.248 e. The molecule has 2 amide bonds. The average Bonchev–Trinajstić information content (AvgIpc) is 2.89. The molecule has 0 atom stereocenters. The van der Waals surface area contributed by atoms with Crippen molar-refractivity contribution in [2.24, 2.45) is 0 Å². The molecule has 2 rings (SSSR count). The Kier molecular flexibility index (Phi) is 4.36. The molecule has 96 valence electrons. The van der Waals surface area contributed by atoms with Gasteiger partial charge in [0.05, 0.1) is 6.10 Å². The molecule has 0 unspecified atom stereocenters. The number of hydrogen-bond donors (Lipinski definition) is 0. The molecule has 0 N–H and O–H groups in total. The molecule has 0 radical (unpaired) electrons. The third-order valence-corrected chi connectivity index (χ3v) is 3.56. The van der Waals surface area contributed by atoms with Gasteiger partial charge in [0.2, 0.25) is 12.3 Å². The largest absolute Gasteiger partial charge is 0.368 e. The fourth-order valence-electron chi connectivity index (χ4n) is 2.41. The maximum atomic E-state index is 11.8. The molecule has 1 aliphatic heterocycles. The van der Waals surface area contributed by atoms with E-state index in [2.05, 4.69) is 0 Å². The molecule has 1 saturated heterocycles. The van der Waals surface area contributed by atoms with Crippen molar-refractivity contribution in [3.05, 3.63) is 0 Å². The van der Waals surface area contributed by atoms with Crippen LogP contribution in [0.4, 0.5) is 0 Å². The van der Waals surface area contributed by atoms with E-state index < -0.39 is 0 Å². The van der Waals surface area contributed by atoms with Gasteiger partial charge in [-0.05, 0) is 12.8 Å². The van der Waals surface area contributed by atoms with Crippen molar-refractivity contribution >= 4 is 12.3 Å². The molecule has 0 spiro atoms. The van der Waals surface area contributed by atoms with E-state index in [-0.39, 0.29) is 18.6 Å². The Hall–Kier alpha value is -1.10. The minimum absolute atomic E-state index is 0.0578. The van der Waals surface area contributed by atoms with E-state index in [1.54, 1.807) is 9.80 Å². The summed E-state index contributed by atoms with van der Waals surface area (Å²) in [6.07, 6.45) is 5.75. The fourth-order valence-corrected chi connectivity index (χ4v) is 2.41. The normalized spacial score (nSPS) is 21.9. The Morgan fingerprint density at radius 2 is 1.82 bits per heavy atom. The first-order valence-corrected chi connectivity index (χ1v) is 6.38. The van der Waals surface area contributed by atoms with Crippen LogP contribution in [-0.4, -0.2) is 61.0 Å². The highest BCUT2D eigenvalue weighted by molar-refractivity contribution is 5.77. The number of amides is 2. The van der Waals surface area contributed by atoms with Gasteiger partial charge in [0.15, 0.2) is 0 Å². The van der Waals surface area contributed by atoms with E-state index in [0.717, 1.165) is 19.3 Å². The molecule has 1 heterocycles. The highest BCUT2D eigenvalue weighted by Crippen LogP contribution is 2.20. The lowest BCUT2D eigenvalue weighted by atomic mass is 10.3. The molecule has 5 heteroatoms. The molecular formula is C12H20N2O3. The van der Waals surface area contributed by atoms with Gasteiger partial charge in [-0.1, -0.05) is 12.8 Å². The molecular weight excluding hydrogens is 220 g/mol. The van der Waals surface area contributed by atoms with Gasteiger partial charge in [-0.2, -0.15) is 0 Å². The summed E-state index contributed by atoms with van der Waals surface area (Å²) in [7, 11) is 0. The Morgan fingerprint density at radius 3 is 2.41 bits per heavy atom. The van der Waals surface area contributed by atoms with E-state index in [1.807, 2.05) is 0 Å². The van der Waals surface area contributed by atoms with E-state index in [1.165, 1.54) is 12.8 Å². The minimum atomic E-state index is 0.0578. The van der Waals surface area contributed by atoms with Crippen molar-refractivity contribution in [1.29, 1.82) is 0 Å². The Bertz CT molecular complexity index is 269. The standard InChI is InChI=1S/C12H20N2O3/c15-10-13-5-7-14(8-6-13)12(16)9-17-11-3-1-2-4-11/h10-11H,1-9H2. The molecule has 0 aromatic rings. The second-order valence-corrected chi connectivity index (χ2v) is 4.74. The van der Waals surface area contributed by atoms with Crippen LogP contribution in [-0.2, 0) is 14.3 Å². The van der Waals surface area contributed by atoms with Crippen molar-refractivity contribution < 1.29 is 14.3 Å². The van der Waals surface area contributed by atoms with Gasteiger partial charge >= 0.3 is 0 Å². The highest BCUT2D eigenvalue weighted by atomic mass is 16.5. The predicted octanol–water partition coefficient (Wildman–Crippen LogP) is 0.246. The zero-order valence-electron chi connectivity index (χ0n) is 10.1. The summed E-state index contributed by atoms with van der Waals surface area (Å²) in [6.45, 7) is 2.74. The smallest absolute Gasteiger partial charge is 0.248 e. The number of carbonyl (C=O) groups excluding carboxylic acids is 2. The zero-order valence-corrected chi connectivity index (χ0v) is 10.1. The molecule has 17 heavy (non-hydrogen) atoms. The third-order valence-electron chi connectivity index (χ3n) is 3.56. The second kappa shape index (κ2) is 6.00. The number of carbonyl (C=O) groups is 2. The van der Waals surface area contributed by atoms with Crippen molar-refractivity contribution in [2.45, 2.75) is 31.8 Å². The molecule has 0 aromatic carbocycles. The number of piperazine rings is 1. The molecule has 1 saturated carbocycles. The first-order chi connectivity index (χ1) is 8.29. The van der Waals surface area contributed by atoms with Crippen LogP contribution in [0.2, 0.25) is 0 Å². The SMILES string of the molecule is O=CN1CCN(C(=O)COC2CCCC2)CC1. The van der Waals surface area contributed by atoms with E-state index in [0.29, 0.717) is 26.2 Å². The van der Waals surface area contributed by atoms with Crippen LogP contribution >= 0.6 is 0 Å². The van der Waals surface area contributed by atoms with Gasteiger partial charge in [0.25, 0.3) is 0 Å². The second-order valence-electron chi connectivity index (χ2n) is 4.74. The monoisotopic (exact) mass is 240 g/mol. The quantitative estimate of drug-likeness (QED) is 0.662. The van der Waals surface area contributed by atoms with Crippen LogP contribution in [0.3, 0.4) is 0 Å². The molecule has 5 nitrogen and oxygen atoms in total. The van der Waals surface area contributed by atoms with Gasteiger partial charge in [-0.3, -0.25) is 9.59 Å². The van der Waals surface area contributed by atoms with Crippen molar-refractivity contribution in [3.63, 3.8) is 0 Å². The molecule has 2 fully saturated rings. The number of hydrogen-bond acceptors (Lipinski definition) is 3. The van der Waals surface area contributed by atoms with E-state index in [9.17, 15) is 9.59 Å². The molecule has 0 aromatic heterocycles. The fraction of sp³-hybridized carbons (Fsp3) is 0.833. The molecule has 1 aliphatic carbocycles. The van der Waals surface area contributed by atoms with Crippen molar-refractivity contribution in [2.75, 3.05) is 32.8 Å². The van der Waals surface area contributed by atoms with Crippen LogP contribution in [0.5, 0.6) is 0 Å². The molecule has 0 bridgehead atoms. The zero-order chi connectivity index (χ0) is 12.1. The summed E-state index contributed by atoms with van der Waals surface area (Å²) < 4.78 is 5.60.